The molecule has 0 spiro atoms. The fourth-order valence-corrected chi connectivity index (χ4v) is 1.73. The second kappa shape index (κ2) is 4.80. The van der Waals surface area contributed by atoms with Gasteiger partial charge in [0.15, 0.2) is 0 Å². The second-order valence-electron chi connectivity index (χ2n) is 3.62. The summed E-state index contributed by atoms with van der Waals surface area (Å²) in [5.74, 6) is 0. The molecule has 72 valence electrons. The number of likely N-dealkylation sites (N-methyl/N-ethyl adjacent to an activating group) is 1. The van der Waals surface area contributed by atoms with Crippen LogP contribution in [0.4, 0.5) is 0 Å². The summed E-state index contributed by atoms with van der Waals surface area (Å²) >= 11 is 0. The van der Waals surface area contributed by atoms with E-state index in [1.54, 1.807) is 0 Å². The zero-order valence-corrected chi connectivity index (χ0v) is 8.16. The number of piperazine rings is 1. The topological polar surface area (TPSA) is 26.7 Å². The molecule has 0 aromatic rings. The van der Waals surface area contributed by atoms with Crippen molar-refractivity contribution >= 4 is 0 Å². The summed E-state index contributed by atoms with van der Waals surface area (Å²) in [4.78, 5) is 4.67. The Balaban J connectivity index is 2.33. The average molecular weight is 172 g/mol. The van der Waals surface area contributed by atoms with Crippen molar-refractivity contribution in [3.05, 3.63) is 0 Å². The molecule has 1 saturated heterocycles. The van der Waals surface area contributed by atoms with Gasteiger partial charge in [-0.15, -0.1) is 0 Å². The van der Waals surface area contributed by atoms with Crippen molar-refractivity contribution in [2.24, 2.45) is 0 Å². The number of rotatable bonds is 3. The highest BCUT2D eigenvalue weighted by atomic mass is 16.3. The summed E-state index contributed by atoms with van der Waals surface area (Å²) in [5.41, 5.74) is 0. The fourth-order valence-electron chi connectivity index (χ4n) is 1.73. The summed E-state index contributed by atoms with van der Waals surface area (Å²) in [6.45, 7) is 6.93. The zero-order valence-electron chi connectivity index (χ0n) is 8.16. The van der Waals surface area contributed by atoms with E-state index in [9.17, 15) is 0 Å². The van der Waals surface area contributed by atoms with Crippen LogP contribution < -0.4 is 0 Å². The molecular formula is C9H20N2O. The minimum absolute atomic E-state index is 0.288. The van der Waals surface area contributed by atoms with E-state index in [2.05, 4.69) is 23.8 Å². The normalized spacial score (nSPS) is 27.8. The molecule has 0 bridgehead atoms. The third kappa shape index (κ3) is 2.44. The van der Waals surface area contributed by atoms with Crippen LogP contribution in [0.2, 0.25) is 0 Å². The van der Waals surface area contributed by atoms with Crippen LogP contribution >= 0.6 is 0 Å². The van der Waals surface area contributed by atoms with Gasteiger partial charge in [0.25, 0.3) is 0 Å². The smallest absolute Gasteiger partial charge is 0.0599 e. The Bertz CT molecular complexity index is 130. The molecule has 0 radical (unpaired) electrons. The highest BCUT2D eigenvalue weighted by Gasteiger charge is 2.22. The summed E-state index contributed by atoms with van der Waals surface area (Å²) in [5, 5.41) is 9.08. The summed E-state index contributed by atoms with van der Waals surface area (Å²) < 4.78 is 0. The van der Waals surface area contributed by atoms with Gasteiger partial charge in [0, 0.05) is 25.7 Å². The van der Waals surface area contributed by atoms with Gasteiger partial charge in [-0.25, -0.2) is 0 Å². The lowest BCUT2D eigenvalue weighted by molar-refractivity contribution is 0.0578. The van der Waals surface area contributed by atoms with E-state index in [4.69, 9.17) is 5.11 Å². The van der Waals surface area contributed by atoms with Gasteiger partial charge < -0.3 is 10.0 Å². The van der Waals surface area contributed by atoms with E-state index in [1.165, 1.54) is 13.0 Å². The Kier molecular flexibility index (Phi) is 3.98. The van der Waals surface area contributed by atoms with Gasteiger partial charge in [0.05, 0.1) is 6.61 Å². The molecule has 1 rings (SSSR count). The lowest BCUT2D eigenvalue weighted by Crippen LogP contribution is -2.52. The highest BCUT2D eigenvalue weighted by molar-refractivity contribution is 4.78. The molecule has 3 heteroatoms. The molecule has 1 heterocycles. The van der Waals surface area contributed by atoms with Gasteiger partial charge >= 0.3 is 0 Å². The largest absolute Gasteiger partial charge is 0.395 e. The molecule has 0 aliphatic carbocycles. The summed E-state index contributed by atoms with van der Waals surface area (Å²) in [6, 6.07) is 0.352. The lowest BCUT2D eigenvalue weighted by Gasteiger charge is -2.38. The first-order valence-corrected chi connectivity index (χ1v) is 4.81. The summed E-state index contributed by atoms with van der Waals surface area (Å²) in [7, 11) is 2.09. The molecule has 1 aliphatic heterocycles. The first-order valence-electron chi connectivity index (χ1n) is 4.81. The van der Waals surface area contributed by atoms with E-state index in [-0.39, 0.29) is 6.61 Å². The Morgan fingerprint density at radius 2 is 2.17 bits per heavy atom. The maximum atomic E-state index is 9.08. The van der Waals surface area contributed by atoms with E-state index in [0.29, 0.717) is 6.04 Å². The van der Waals surface area contributed by atoms with Crippen molar-refractivity contribution in [1.82, 2.24) is 9.80 Å². The van der Waals surface area contributed by atoms with Gasteiger partial charge in [-0.2, -0.15) is 0 Å². The number of aliphatic hydroxyl groups is 1. The quantitative estimate of drug-likeness (QED) is 0.649. The van der Waals surface area contributed by atoms with E-state index in [1.807, 2.05) is 0 Å². The Labute approximate surface area is 75.0 Å². The van der Waals surface area contributed by atoms with Crippen LogP contribution in [0, 0.1) is 0 Å². The van der Waals surface area contributed by atoms with Crippen LogP contribution in [0.1, 0.15) is 13.3 Å². The van der Waals surface area contributed by atoms with Gasteiger partial charge in [0.1, 0.15) is 0 Å². The lowest BCUT2D eigenvalue weighted by atomic mass is 10.2. The third-order valence-corrected chi connectivity index (χ3v) is 2.61. The van der Waals surface area contributed by atoms with Crippen LogP contribution in [0.3, 0.4) is 0 Å². The minimum atomic E-state index is 0.288. The van der Waals surface area contributed by atoms with Crippen molar-refractivity contribution in [3.63, 3.8) is 0 Å². The third-order valence-electron chi connectivity index (χ3n) is 2.61. The average Bonchev–Trinajstić information content (AvgIpc) is 2.09. The maximum Gasteiger partial charge on any atom is 0.0599 e. The molecule has 3 nitrogen and oxygen atoms in total. The van der Waals surface area contributed by atoms with Crippen molar-refractivity contribution < 1.29 is 5.11 Å². The van der Waals surface area contributed by atoms with Crippen LogP contribution in [0.5, 0.6) is 0 Å². The van der Waals surface area contributed by atoms with Crippen molar-refractivity contribution in [2.45, 2.75) is 19.4 Å². The monoisotopic (exact) mass is 172 g/mol. The van der Waals surface area contributed by atoms with Crippen LogP contribution in [-0.4, -0.2) is 60.8 Å². The standard InChI is InChI=1S/C9H20N2O/c1-3-4-11-6-5-10(2)9(7-11)8-12/h9,12H,3-8H2,1-2H3. The van der Waals surface area contributed by atoms with Crippen LogP contribution in [0.15, 0.2) is 0 Å². The molecule has 1 unspecified atom stereocenters. The molecule has 12 heavy (non-hydrogen) atoms. The number of aliphatic hydroxyl groups excluding tert-OH is 1. The van der Waals surface area contributed by atoms with Gasteiger partial charge in [-0.05, 0) is 20.0 Å². The fraction of sp³-hybridized carbons (Fsp3) is 1.00. The molecule has 1 aliphatic rings. The Morgan fingerprint density at radius 3 is 2.75 bits per heavy atom. The predicted octanol–water partition coefficient (Wildman–Crippen LogP) is 0.00470. The van der Waals surface area contributed by atoms with E-state index >= 15 is 0 Å². The van der Waals surface area contributed by atoms with Crippen LogP contribution in [0.25, 0.3) is 0 Å². The first-order chi connectivity index (χ1) is 5.77. The number of hydrogen-bond donors (Lipinski definition) is 1. The molecule has 1 atom stereocenters. The molecule has 1 N–H and O–H groups in total. The Hall–Kier alpha value is -0.120. The van der Waals surface area contributed by atoms with Gasteiger partial charge in [-0.1, -0.05) is 6.92 Å². The van der Waals surface area contributed by atoms with Gasteiger partial charge in [-0.3, -0.25) is 4.90 Å². The first kappa shape index (κ1) is 9.96. The minimum Gasteiger partial charge on any atom is -0.395 e. The maximum absolute atomic E-state index is 9.08. The SMILES string of the molecule is CCCN1CCN(C)C(CO)C1. The van der Waals surface area contributed by atoms with Crippen LogP contribution in [-0.2, 0) is 0 Å². The van der Waals surface area contributed by atoms with Crippen molar-refractivity contribution in [2.75, 3.05) is 39.8 Å². The second-order valence-corrected chi connectivity index (χ2v) is 3.62. The highest BCUT2D eigenvalue weighted by Crippen LogP contribution is 2.06. The molecule has 0 aromatic heterocycles. The molecule has 1 fully saturated rings. The van der Waals surface area contributed by atoms with E-state index in [0.717, 1.165) is 19.6 Å². The van der Waals surface area contributed by atoms with Crippen molar-refractivity contribution in [3.8, 4) is 0 Å². The van der Waals surface area contributed by atoms with E-state index < -0.39 is 0 Å². The molecule has 0 saturated carbocycles. The summed E-state index contributed by atoms with van der Waals surface area (Å²) in [6.07, 6.45) is 1.21. The molecule has 0 amide bonds. The number of hydrogen-bond acceptors (Lipinski definition) is 3. The molecule has 0 aromatic carbocycles. The zero-order chi connectivity index (χ0) is 8.97. The number of nitrogens with zero attached hydrogens (tertiary/aromatic N) is 2. The van der Waals surface area contributed by atoms with Crippen molar-refractivity contribution in [1.29, 1.82) is 0 Å². The predicted molar refractivity (Wildman–Crippen MR) is 50.2 cm³/mol. The molecular weight excluding hydrogens is 152 g/mol. The van der Waals surface area contributed by atoms with Gasteiger partial charge in [0.2, 0.25) is 0 Å². The Morgan fingerprint density at radius 1 is 1.42 bits per heavy atom.